The van der Waals surface area contributed by atoms with Crippen LogP contribution in [0.25, 0.3) is 33.4 Å². The van der Waals surface area contributed by atoms with Gasteiger partial charge in [-0.15, -0.1) is 0 Å². The van der Waals surface area contributed by atoms with Crippen molar-refractivity contribution < 1.29 is 9.53 Å². The predicted molar refractivity (Wildman–Crippen MR) is 117 cm³/mol. The van der Waals surface area contributed by atoms with Gasteiger partial charge in [0.05, 0.1) is 24.0 Å². The smallest absolute Gasteiger partial charge is 0.250 e. The first kappa shape index (κ1) is 19.3. The fourth-order valence-electron chi connectivity index (χ4n) is 3.27. The first-order valence-electron chi connectivity index (χ1n) is 9.37. The zero-order valence-corrected chi connectivity index (χ0v) is 17.0. The number of hydrogen-bond donors (Lipinski definition) is 1. The Labute approximate surface area is 174 Å². The molecule has 0 unspecified atom stereocenters. The van der Waals surface area contributed by atoms with Crippen LogP contribution < -0.4 is 10.1 Å². The van der Waals surface area contributed by atoms with E-state index < -0.39 is 0 Å². The molecule has 4 aromatic rings. The number of benzene rings is 2. The summed E-state index contributed by atoms with van der Waals surface area (Å²) in [6, 6.07) is 13.5. The highest BCUT2D eigenvalue weighted by molar-refractivity contribution is 6.06. The van der Waals surface area contributed by atoms with E-state index in [0.717, 1.165) is 27.9 Å². The van der Waals surface area contributed by atoms with E-state index in [1.807, 2.05) is 49.6 Å². The Morgan fingerprint density at radius 1 is 1.13 bits per heavy atom. The van der Waals surface area contributed by atoms with Crippen molar-refractivity contribution in [3.05, 3.63) is 67.1 Å². The molecule has 0 bridgehead atoms. The molecule has 0 atom stereocenters. The Morgan fingerprint density at radius 2 is 1.90 bits per heavy atom. The van der Waals surface area contributed by atoms with Crippen molar-refractivity contribution in [3.63, 3.8) is 0 Å². The number of aryl methyl sites for hydroxylation is 1. The molecule has 1 N–H and O–H groups in total. The summed E-state index contributed by atoms with van der Waals surface area (Å²) in [5, 5.41) is 8.26. The zero-order chi connectivity index (χ0) is 21.3. The summed E-state index contributed by atoms with van der Waals surface area (Å²) in [6.07, 6.45) is 3.45. The van der Waals surface area contributed by atoms with Crippen molar-refractivity contribution in [2.24, 2.45) is 7.05 Å². The Bertz CT molecular complexity index is 1260. The van der Waals surface area contributed by atoms with Gasteiger partial charge in [-0.3, -0.25) is 9.48 Å². The van der Waals surface area contributed by atoms with E-state index in [2.05, 4.69) is 27.0 Å². The van der Waals surface area contributed by atoms with Crippen molar-refractivity contribution in [2.45, 2.75) is 6.92 Å². The minimum atomic E-state index is -0.280. The number of nitrogens with one attached hydrogen (secondary N) is 1. The average molecular weight is 399 g/mol. The van der Waals surface area contributed by atoms with Crippen LogP contribution in [-0.4, -0.2) is 32.8 Å². The zero-order valence-electron chi connectivity index (χ0n) is 17.0. The van der Waals surface area contributed by atoms with Crippen molar-refractivity contribution in [1.82, 2.24) is 19.7 Å². The summed E-state index contributed by atoms with van der Waals surface area (Å²) >= 11 is 0. The van der Waals surface area contributed by atoms with E-state index in [1.54, 1.807) is 24.8 Å². The Morgan fingerprint density at radius 3 is 2.60 bits per heavy atom. The number of aromatic nitrogens is 4. The van der Waals surface area contributed by atoms with E-state index in [0.29, 0.717) is 22.5 Å². The third-order valence-corrected chi connectivity index (χ3v) is 4.72. The van der Waals surface area contributed by atoms with Gasteiger partial charge in [-0.1, -0.05) is 36.9 Å². The van der Waals surface area contributed by atoms with Gasteiger partial charge in [0, 0.05) is 41.4 Å². The number of rotatable bonds is 5. The number of anilines is 1. The van der Waals surface area contributed by atoms with Gasteiger partial charge in [0.1, 0.15) is 17.8 Å². The molecule has 0 spiro atoms. The van der Waals surface area contributed by atoms with Crippen molar-refractivity contribution in [2.75, 3.05) is 12.4 Å². The molecular formula is C23H21N5O2. The standard InChI is InChI=1S/C23H21N5O2/c1-14(2)23(29)26-19-10-16-18(11-20(19)30-4)24-13-25-22(16)17-12-28(3)27-21(17)15-8-6-5-7-9-15/h5-13H,1H2,2-4H3,(H,26,29). The molecule has 0 fully saturated rings. The minimum absolute atomic E-state index is 0.280. The Hall–Kier alpha value is -4.00. The first-order chi connectivity index (χ1) is 14.5. The molecule has 1 amide bonds. The maximum Gasteiger partial charge on any atom is 0.250 e. The lowest BCUT2D eigenvalue weighted by atomic mass is 10.0. The van der Waals surface area contributed by atoms with Crippen LogP contribution in [0.3, 0.4) is 0 Å². The largest absolute Gasteiger partial charge is 0.494 e. The fourth-order valence-corrected chi connectivity index (χ4v) is 3.27. The summed E-state index contributed by atoms with van der Waals surface area (Å²) in [6.45, 7) is 5.35. The van der Waals surface area contributed by atoms with Gasteiger partial charge in [0.15, 0.2) is 0 Å². The van der Waals surface area contributed by atoms with Crippen LogP contribution in [-0.2, 0) is 11.8 Å². The third kappa shape index (κ3) is 3.53. The van der Waals surface area contributed by atoms with Gasteiger partial charge >= 0.3 is 0 Å². The molecule has 0 saturated heterocycles. The molecule has 7 heteroatoms. The van der Waals surface area contributed by atoms with Crippen molar-refractivity contribution in [3.8, 4) is 28.3 Å². The van der Waals surface area contributed by atoms with Crippen LogP contribution in [0.2, 0.25) is 0 Å². The van der Waals surface area contributed by atoms with E-state index in [1.165, 1.54) is 6.33 Å². The predicted octanol–water partition coefficient (Wildman–Crippen LogP) is 4.22. The molecule has 0 aliphatic rings. The van der Waals surface area contributed by atoms with Gasteiger partial charge in [-0.2, -0.15) is 5.10 Å². The minimum Gasteiger partial charge on any atom is -0.494 e. The van der Waals surface area contributed by atoms with E-state index in [4.69, 9.17) is 4.74 Å². The molecule has 2 aromatic carbocycles. The normalized spacial score (nSPS) is 10.8. The molecule has 2 aromatic heterocycles. The number of fused-ring (bicyclic) bond motifs is 1. The highest BCUT2D eigenvalue weighted by atomic mass is 16.5. The molecule has 0 radical (unpaired) electrons. The summed E-state index contributed by atoms with van der Waals surface area (Å²) in [5.41, 5.74) is 5.04. The number of methoxy groups -OCH3 is 1. The summed E-state index contributed by atoms with van der Waals surface area (Å²) in [5.74, 6) is 0.230. The maximum atomic E-state index is 12.2. The maximum absolute atomic E-state index is 12.2. The van der Waals surface area contributed by atoms with E-state index >= 15 is 0 Å². The second-order valence-electron chi connectivity index (χ2n) is 6.96. The van der Waals surface area contributed by atoms with Crippen LogP contribution in [0.5, 0.6) is 5.75 Å². The van der Waals surface area contributed by atoms with E-state index in [9.17, 15) is 4.79 Å². The molecule has 0 aliphatic heterocycles. The fraction of sp³-hybridized carbons (Fsp3) is 0.130. The lowest BCUT2D eigenvalue weighted by molar-refractivity contribution is -0.112. The van der Waals surface area contributed by atoms with Crippen LogP contribution in [0.15, 0.2) is 67.1 Å². The molecule has 4 rings (SSSR count). The topological polar surface area (TPSA) is 81.9 Å². The lowest BCUT2D eigenvalue weighted by Gasteiger charge is -2.13. The Balaban J connectivity index is 1.93. The number of nitrogens with zero attached hydrogens (tertiary/aromatic N) is 4. The van der Waals surface area contributed by atoms with Crippen LogP contribution in [0.1, 0.15) is 6.92 Å². The summed E-state index contributed by atoms with van der Waals surface area (Å²) in [4.78, 5) is 21.1. The van der Waals surface area contributed by atoms with Gasteiger partial charge in [0.2, 0.25) is 0 Å². The summed E-state index contributed by atoms with van der Waals surface area (Å²) in [7, 11) is 3.43. The van der Waals surface area contributed by atoms with Crippen LogP contribution in [0, 0.1) is 0 Å². The molecule has 0 saturated carbocycles. The highest BCUT2D eigenvalue weighted by Gasteiger charge is 2.18. The lowest BCUT2D eigenvalue weighted by Crippen LogP contribution is -2.12. The summed E-state index contributed by atoms with van der Waals surface area (Å²) < 4.78 is 7.22. The quantitative estimate of drug-likeness (QED) is 0.508. The van der Waals surface area contributed by atoms with Gasteiger partial charge in [-0.05, 0) is 13.0 Å². The number of amides is 1. The average Bonchev–Trinajstić information content (AvgIpc) is 3.14. The second kappa shape index (κ2) is 7.79. The molecule has 150 valence electrons. The van der Waals surface area contributed by atoms with Crippen LogP contribution >= 0.6 is 0 Å². The number of carbonyl (C=O) groups excluding carboxylic acids is 1. The SMILES string of the molecule is C=C(C)C(=O)Nc1cc2c(-c3cn(C)nc3-c3ccccc3)ncnc2cc1OC. The number of ether oxygens (including phenoxy) is 1. The van der Waals surface area contributed by atoms with Gasteiger partial charge < -0.3 is 10.1 Å². The first-order valence-corrected chi connectivity index (χ1v) is 9.37. The molecular weight excluding hydrogens is 378 g/mol. The third-order valence-electron chi connectivity index (χ3n) is 4.72. The molecule has 7 nitrogen and oxygen atoms in total. The Kier molecular flexibility index (Phi) is 5.02. The highest BCUT2D eigenvalue weighted by Crippen LogP contribution is 2.37. The van der Waals surface area contributed by atoms with Crippen LogP contribution in [0.4, 0.5) is 5.69 Å². The number of hydrogen-bond acceptors (Lipinski definition) is 5. The monoisotopic (exact) mass is 399 g/mol. The van der Waals surface area contributed by atoms with Gasteiger partial charge in [-0.25, -0.2) is 9.97 Å². The molecule has 0 aliphatic carbocycles. The second-order valence-corrected chi connectivity index (χ2v) is 6.96. The molecule has 2 heterocycles. The van der Waals surface area contributed by atoms with Crippen molar-refractivity contribution in [1.29, 1.82) is 0 Å². The van der Waals surface area contributed by atoms with Crippen molar-refractivity contribution >= 4 is 22.5 Å². The van der Waals surface area contributed by atoms with Gasteiger partial charge in [0.25, 0.3) is 5.91 Å². The molecule has 30 heavy (non-hydrogen) atoms. The van der Waals surface area contributed by atoms with E-state index in [-0.39, 0.29) is 5.91 Å². The number of carbonyl (C=O) groups is 1.